The van der Waals surface area contributed by atoms with E-state index in [1.165, 1.54) is 0 Å². The maximum Gasteiger partial charge on any atom is 0.407 e. The van der Waals surface area contributed by atoms with Crippen LogP contribution in [0.3, 0.4) is 0 Å². The van der Waals surface area contributed by atoms with Crippen LogP contribution in [0.4, 0.5) is 4.79 Å². The number of alkyl carbamates (subject to hydrolysis) is 1. The summed E-state index contributed by atoms with van der Waals surface area (Å²) in [7, 11) is 0. The number of furan rings is 1. The number of amides is 1. The molecule has 1 saturated carbocycles. The average molecular weight is 466 g/mol. The molecule has 1 fully saturated rings. The Bertz CT molecular complexity index is 1330. The summed E-state index contributed by atoms with van der Waals surface area (Å²) in [4.78, 5) is 20.6. The van der Waals surface area contributed by atoms with Gasteiger partial charge in [0.15, 0.2) is 11.4 Å². The molecule has 0 radical (unpaired) electrons. The summed E-state index contributed by atoms with van der Waals surface area (Å²) in [6.45, 7) is 7.94. The second-order valence-corrected chi connectivity index (χ2v) is 9.21. The third kappa shape index (κ3) is 4.48. The van der Waals surface area contributed by atoms with E-state index < -0.39 is 11.7 Å². The third-order valence-corrected chi connectivity index (χ3v) is 5.38. The molecule has 1 aliphatic carbocycles. The minimum absolute atomic E-state index is 0.0241. The summed E-state index contributed by atoms with van der Waals surface area (Å²) < 4.78 is 24.7. The second kappa shape index (κ2) is 8.51. The largest absolute Gasteiger partial charge is 0.477 e. The molecule has 5 rings (SSSR count). The highest BCUT2D eigenvalue weighted by Crippen LogP contribution is 2.33. The molecule has 4 aromatic rings. The summed E-state index contributed by atoms with van der Waals surface area (Å²) in [5.41, 5.74) is 1.52. The van der Waals surface area contributed by atoms with Crippen LogP contribution in [0.25, 0.3) is 28.1 Å². The Morgan fingerprint density at radius 3 is 2.82 bits per heavy atom. The van der Waals surface area contributed by atoms with Crippen molar-refractivity contribution in [2.75, 3.05) is 6.61 Å². The van der Waals surface area contributed by atoms with Gasteiger partial charge in [-0.1, -0.05) is 0 Å². The lowest BCUT2D eigenvalue weighted by atomic mass is 9.89. The molecule has 10 nitrogen and oxygen atoms in total. The Labute approximate surface area is 196 Å². The number of carbonyl (C=O) groups is 1. The lowest BCUT2D eigenvalue weighted by molar-refractivity contribution is 0.0352. The lowest BCUT2D eigenvalue weighted by Gasteiger charge is -2.35. The fraction of sp³-hybridized carbons (Fsp3) is 0.417. The van der Waals surface area contributed by atoms with E-state index in [9.17, 15) is 4.79 Å². The molecule has 178 valence electrons. The van der Waals surface area contributed by atoms with Crippen LogP contribution in [-0.2, 0) is 4.74 Å². The molecule has 0 spiro atoms. The van der Waals surface area contributed by atoms with Crippen molar-refractivity contribution in [3.05, 3.63) is 36.7 Å². The first-order valence-corrected chi connectivity index (χ1v) is 11.3. The minimum atomic E-state index is -0.521. The van der Waals surface area contributed by atoms with Crippen LogP contribution >= 0.6 is 0 Å². The smallest absolute Gasteiger partial charge is 0.407 e. The van der Waals surface area contributed by atoms with Crippen LogP contribution in [0.5, 0.6) is 11.8 Å². The van der Waals surface area contributed by atoms with E-state index in [4.69, 9.17) is 18.6 Å². The molecule has 34 heavy (non-hydrogen) atoms. The fourth-order valence-corrected chi connectivity index (χ4v) is 3.83. The Kier molecular flexibility index (Phi) is 5.51. The van der Waals surface area contributed by atoms with Crippen molar-refractivity contribution < 1.29 is 23.4 Å². The van der Waals surface area contributed by atoms with E-state index in [0.717, 1.165) is 5.39 Å². The van der Waals surface area contributed by atoms with Crippen LogP contribution in [0, 0.1) is 0 Å². The van der Waals surface area contributed by atoms with Gasteiger partial charge in [-0.25, -0.2) is 19.3 Å². The van der Waals surface area contributed by atoms with E-state index in [2.05, 4.69) is 20.4 Å². The van der Waals surface area contributed by atoms with Gasteiger partial charge in [-0.2, -0.15) is 0 Å². The zero-order valence-electron chi connectivity index (χ0n) is 19.6. The normalized spacial score (nSPS) is 18.0. The van der Waals surface area contributed by atoms with E-state index in [0.29, 0.717) is 53.9 Å². The highest BCUT2D eigenvalue weighted by Gasteiger charge is 2.33. The molecule has 0 saturated heterocycles. The van der Waals surface area contributed by atoms with Gasteiger partial charge in [-0.15, -0.1) is 5.10 Å². The number of rotatable bonds is 6. The Balaban J connectivity index is 1.30. The topological polar surface area (TPSA) is 113 Å². The fourth-order valence-electron chi connectivity index (χ4n) is 3.83. The number of imidazole rings is 1. The van der Waals surface area contributed by atoms with Crippen LogP contribution in [0.15, 0.2) is 41.1 Å². The first kappa shape index (κ1) is 22.0. The van der Waals surface area contributed by atoms with E-state index in [1.54, 1.807) is 29.0 Å². The van der Waals surface area contributed by atoms with Gasteiger partial charge >= 0.3 is 6.09 Å². The molecule has 1 amide bonds. The predicted octanol–water partition coefficient (Wildman–Crippen LogP) is 4.37. The molecule has 4 aromatic heterocycles. The van der Waals surface area contributed by atoms with Crippen molar-refractivity contribution >= 4 is 22.7 Å². The quantitative estimate of drug-likeness (QED) is 0.447. The third-order valence-electron chi connectivity index (χ3n) is 5.38. The van der Waals surface area contributed by atoms with Gasteiger partial charge in [0, 0.05) is 37.2 Å². The molecule has 1 N–H and O–H groups in total. The molecule has 0 atom stereocenters. The van der Waals surface area contributed by atoms with Gasteiger partial charge in [-0.05, 0) is 39.8 Å². The van der Waals surface area contributed by atoms with Crippen molar-refractivity contribution in [2.24, 2.45) is 0 Å². The van der Waals surface area contributed by atoms with Gasteiger partial charge in [-0.3, -0.25) is 0 Å². The molecule has 10 heteroatoms. The Morgan fingerprint density at radius 2 is 2.06 bits per heavy atom. The first-order chi connectivity index (χ1) is 16.3. The monoisotopic (exact) mass is 465 g/mol. The number of hydrogen-bond acceptors (Lipinski definition) is 8. The number of carbonyl (C=O) groups excluding carboxylic acids is 1. The predicted molar refractivity (Wildman–Crippen MR) is 124 cm³/mol. The molecule has 4 heterocycles. The van der Waals surface area contributed by atoms with Crippen LogP contribution < -0.4 is 14.8 Å². The van der Waals surface area contributed by atoms with Crippen LogP contribution in [0.2, 0.25) is 0 Å². The maximum atomic E-state index is 11.9. The van der Waals surface area contributed by atoms with Crippen molar-refractivity contribution in [1.82, 2.24) is 24.9 Å². The van der Waals surface area contributed by atoms with Crippen molar-refractivity contribution in [2.45, 2.75) is 58.3 Å². The molecule has 0 aromatic carbocycles. The number of aromatic nitrogens is 4. The second-order valence-electron chi connectivity index (χ2n) is 9.21. The Hall–Kier alpha value is -3.82. The van der Waals surface area contributed by atoms with E-state index >= 15 is 0 Å². The number of fused-ring (bicyclic) bond motifs is 2. The van der Waals surface area contributed by atoms with Crippen molar-refractivity contribution in [1.29, 1.82) is 0 Å². The molecule has 0 aliphatic heterocycles. The van der Waals surface area contributed by atoms with E-state index in [-0.39, 0.29) is 12.1 Å². The highest BCUT2D eigenvalue weighted by atomic mass is 16.6. The summed E-state index contributed by atoms with van der Waals surface area (Å²) in [6, 6.07) is 7.33. The van der Waals surface area contributed by atoms with Crippen LogP contribution in [-0.4, -0.2) is 50.0 Å². The number of nitrogens with zero attached hydrogens (tertiary/aromatic N) is 4. The van der Waals surface area contributed by atoms with Gasteiger partial charge in [0.1, 0.15) is 23.0 Å². The summed E-state index contributed by atoms with van der Waals surface area (Å²) in [6.07, 6.45) is 4.29. The minimum Gasteiger partial charge on any atom is -0.477 e. The van der Waals surface area contributed by atoms with Crippen molar-refractivity contribution in [3.63, 3.8) is 0 Å². The zero-order chi connectivity index (χ0) is 23.9. The summed E-state index contributed by atoms with van der Waals surface area (Å²) >= 11 is 0. The maximum absolute atomic E-state index is 11.9. The van der Waals surface area contributed by atoms with Gasteiger partial charge in [0.25, 0.3) is 0 Å². The SMILES string of the molecule is CCOc1nccc2oc(-c3cnc4ccc(OC5CC(NC(=O)OC(C)(C)C)C5)nn34)cc12. The standard InChI is InChI=1S/C24H27N5O5/c1-5-31-22-16-12-19(33-18(16)8-9-25-22)17-13-26-20-6-7-21(28-29(17)20)32-15-10-14(11-15)27-23(30)34-24(2,3)4/h6-9,12-15H,5,10-11H2,1-4H3,(H,27,30). The van der Waals surface area contributed by atoms with E-state index in [1.807, 2.05) is 39.8 Å². The van der Waals surface area contributed by atoms with Gasteiger partial charge in [0.05, 0.1) is 18.2 Å². The molecule has 0 unspecified atom stereocenters. The first-order valence-electron chi connectivity index (χ1n) is 11.3. The van der Waals surface area contributed by atoms with Gasteiger partial charge in [0.2, 0.25) is 11.8 Å². The number of hydrogen-bond donors (Lipinski definition) is 1. The molecular weight excluding hydrogens is 438 g/mol. The average Bonchev–Trinajstić information content (AvgIpc) is 3.35. The summed E-state index contributed by atoms with van der Waals surface area (Å²) in [5.74, 6) is 1.60. The molecule has 0 bridgehead atoms. The van der Waals surface area contributed by atoms with Gasteiger partial charge < -0.3 is 23.9 Å². The highest BCUT2D eigenvalue weighted by molar-refractivity contribution is 5.86. The molecule has 1 aliphatic rings. The zero-order valence-corrected chi connectivity index (χ0v) is 19.6. The van der Waals surface area contributed by atoms with Crippen molar-refractivity contribution in [3.8, 4) is 23.2 Å². The van der Waals surface area contributed by atoms with Crippen LogP contribution in [0.1, 0.15) is 40.5 Å². The molecular formula is C24H27N5O5. The summed E-state index contributed by atoms with van der Waals surface area (Å²) in [5, 5.41) is 8.27. The lowest BCUT2D eigenvalue weighted by Crippen LogP contribution is -2.50. The number of ether oxygens (including phenoxy) is 3. The number of pyridine rings is 1. The Morgan fingerprint density at radius 1 is 1.24 bits per heavy atom. The number of nitrogens with one attached hydrogen (secondary N) is 1.